The zero-order chi connectivity index (χ0) is 27.3. The van der Waals surface area contributed by atoms with Gasteiger partial charge in [-0.05, 0) is 59.3 Å². The summed E-state index contributed by atoms with van der Waals surface area (Å²) >= 11 is 0. The first-order chi connectivity index (χ1) is 18.2. The van der Waals surface area contributed by atoms with Crippen LogP contribution in [0.1, 0.15) is 60.7 Å². The first-order valence-corrected chi connectivity index (χ1v) is 12.5. The number of halogens is 3. The van der Waals surface area contributed by atoms with Crippen molar-refractivity contribution in [1.29, 1.82) is 0 Å². The maximum absolute atomic E-state index is 13.1. The van der Waals surface area contributed by atoms with E-state index in [0.717, 1.165) is 54.6 Å². The van der Waals surface area contributed by atoms with Gasteiger partial charge in [-0.2, -0.15) is 13.2 Å². The fourth-order valence-electron chi connectivity index (χ4n) is 5.03. The molecule has 1 aliphatic carbocycles. The van der Waals surface area contributed by atoms with Gasteiger partial charge in [-0.3, -0.25) is 0 Å². The summed E-state index contributed by atoms with van der Waals surface area (Å²) in [5, 5.41) is 9.77. The summed E-state index contributed by atoms with van der Waals surface area (Å²) in [5.74, 6) is 0.0111. The lowest BCUT2D eigenvalue weighted by atomic mass is 9.83. The van der Waals surface area contributed by atoms with Gasteiger partial charge < -0.3 is 9.84 Å². The minimum Gasteiger partial charge on any atom is -0.489 e. The van der Waals surface area contributed by atoms with Crippen molar-refractivity contribution >= 4 is 11.5 Å². The van der Waals surface area contributed by atoms with Gasteiger partial charge in [0.15, 0.2) is 11.8 Å². The molecule has 0 unspecified atom stereocenters. The fourth-order valence-corrected chi connectivity index (χ4v) is 5.03. The summed E-state index contributed by atoms with van der Waals surface area (Å²) in [6.45, 7) is 3.62. The normalized spacial score (nSPS) is 14.8. The second kappa shape index (κ2) is 11.6. The van der Waals surface area contributed by atoms with E-state index in [-0.39, 0.29) is 18.1 Å². The molecule has 1 saturated carbocycles. The van der Waals surface area contributed by atoms with Gasteiger partial charge in [-0.1, -0.05) is 56.2 Å². The molecule has 0 bridgehead atoms. The van der Waals surface area contributed by atoms with Crippen molar-refractivity contribution in [2.75, 3.05) is 0 Å². The highest BCUT2D eigenvalue weighted by Gasteiger charge is 2.32. The van der Waals surface area contributed by atoms with Crippen LogP contribution in [0.5, 0.6) is 5.75 Å². The average molecular weight is 524 g/mol. The molecule has 1 fully saturated rings. The van der Waals surface area contributed by atoms with Crippen molar-refractivity contribution in [3.63, 3.8) is 0 Å². The number of nitrogens with zero attached hydrogens (tertiary/aromatic N) is 2. The number of hydrogen-bond acceptors (Lipinski definition) is 3. The lowest BCUT2D eigenvalue weighted by Gasteiger charge is -2.24. The number of hydrogen-bond donors (Lipinski definition) is 1. The second-order valence-corrected chi connectivity index (χ2v) is 9.41. The van der Waals surface area contributed by atoms with Gasteiger partial charge in [0.05, 0.1) is 18.2 Å². The van der Waals surface area contributed by atoms with Crippen LogP contribution in [-0.2, 0) is 24.6 Å². The van der Waals surface area contributed by atoms with Gasteiger partial charge in [0.1, 0.15) is 18.1 Å². The molecular weight excluding hydrogens is 493 g/mol. The molecular formula is C30H30F3N2O3+. The SMILES string of the molecule is C=CC=C(C(=O)O)c1ncc(-c2cccc(OCc3cccc(C(F)(F)F)c3)c2)c(C2CCCCC2)[n+]1C. The number of carboxylic acid groups (broad SMARTS) is 1. The van der Waals surface area contributed by atoms with Crippen LogP contribution in [0, 0.1) is 0 Å². The van der Waals surface area contributed by atoms with Gasteiger partial charge in [0, 0.05) is 5.92 Å². The standard InChI is InChI=1S/C30H29F3N2O3/c1-3-9-25(29(36)37)28-34-18-26(27(35(28)2)21-11-5-4-6-12-21)22-13-8-15-24(17-22)38-19-20-10-7-14-23(16-20)30(31,32)33/h3,7-10,13-18,21H,1,4-6,11-12,19H2,2H3/p+1. The first-order valence-electron chi connectivity index (χ1n) is 12.5. The molecule has 0 radical (unpaired) electrons. The number of ether oxygens (including phenoxy) is 1. The Kier molecular flexibility index (Phi) is 8.29. The van der Waals surface area contributed by atoms with Gasteiger partial charge in [0.2, 0.25) is 0 Å². The molecule has 198 valence electrons. The Morgan fingerprint density at radius 1 is 1.16 bits per heavy atom. The largest absolute Gasteiger partial charge is 0.489 e. The summed E-state index contributed by atoms with van der Waals surface area (Å²) in [6.07, 6.45) is 5.50. The molecule has 0 aliphatic heterocycles. The van der Waals surface area contributed by atoms with Crippen LogP contribution in [0.2, 0.25) is 0 Å². The van der Waals surface area contributed by atoms with Crippen molar-refractivity contribution in [2.24, 2.45) is 7.05 Å². The molecule has 0 spiro atoms. The third kappa shape index (κ3) is 6.13. The molecule has 2 aromatic carbocycles. The highest BCUT2D eigenvalue weighted by Crippen LogP contribution is 2.37. The number of alkyl halides is 3. The third-order valence-electron chi connectivity index (χ3n) is 6.82. The molecule has 1 aliphatic rings. The van der Waals surface area contributed by atoms with E-state index in [4.69, 9.17) is 4.74 Å². The zero-order valence-corrected chi connectivity index (χ0v) is 21.2. The lowest BCUT2D eigenvalue weighted by Crippen LogP contribution is -2.42. The molecule has 1 aromatic heterocycles. The van der Waals surface area contributed by atoms with Crippen molar-refractivity contribution in [3.8, 4) is 16.9 Å². The zero-order valence-electron chi connectivity index (χ0n) is 21.2. The summed E-state index contributed by atoms with van der Waals surface area (Å²) in [4.78, 5) is 16.5. The Morgan fingerprint density at radius 2 is 1.89 bits per heavy atom. The topological polar surface area (TPSA) is 63.3 Å². The van der Waals surface area contributed by atoms with Crippen molar-refractivity contribution < 1.29 is 32.4 Å². The van der Waals surface area contributed by atoms with Crippen LogP contribution in [-0.4, -0.2) is 16.1 Å². The summed E-state index contributed by atoms with van der Waals surface area (Å²) in [7, 11) is 1.84. The fraction of sp³-hybridized carbons (Fsp3) is 0.300. The predicted octanol–water partition coefficient (Wildman–Crippen LogP) is 6.87. The Hall–Kier alpha value is -3.94. The molecule has 0 atom stereocenters. The number of carboxylic acids is 1. The summed E-state index contributed by atoms with van der Waals surface area (Å²) in [6, 6.07) is 12.4. The van der Waals surface area contributed by atoms with E-state index in [0.29, 0.717) is 17.1 Å². The summed E-state index contributed by atoms with van der Waals surface area (Å²) < 4.78 is 47.0. The number of aliphatic carboxylic acids is 1. The number of benzene rings is 2. The minimum atomic E-state index is -4.42. The van der Waals surface area contributed by atoms with Gasteiger partial charge in [-0.15, -0.1) is 0 Å². The van der Waals surface area contributed by atoms with Crippen molar-refractivity contribution in [1.82, 2.24) is 4.98 Å². The monoisotopic (exact) mass is 523 g/mol. The van der Waals surface area contributed by atoms with Gasteiger partial charge in [0.25, 0.3) is 0 Å². The molecule has 1 N–H and O–H groups in total. The smallest absolute Gasteiger partial charge is 0.416 e. The second-order valence-electron chi connectivity index (χ2n) is 9.41. The average Bonchev–Trinajstić information content (AvgIpc) is 2.91. The molecule has 4 rings (SSSR count). The van der Waals surface area contributed by atoms with Crippen LogP contribution in [0.25, 0.3) is 16.7 Å². The van der Waals surface area contributed by atoms with Crippen LogP contribution in [0.15, 0.2) is 73.5 Å². The maximum atomic E-state index is 13.1. The number of rotatable bonds is 8. The van der Waals surface area contributed by atoms with Crippen molar-refractivity contribution in [2.45, 2.75) is 50.8 Å². The highest BCUT2D eigenvalue weighted by molar-refractivity contribution is 6.14. The molecule has 5 nitrogen and oxygen atoms in total. The Morgan fingerprint density at radius 3 is 2.58 bits per heavy atom. The molecule has 0 amide bonds. The van der Waals surface area contributed by atoms with E-state index >= 15 is 0 Å². The molecule has 38 heavy (non-hydrogen) atoms. The van der Waals surface area contributed by atoms with Crippen LogP contribution < -0.4 is 9.30 Å². The molecule has 1 heterocycles. The van der Waals surface area contributed by atoms with Crippen LogP contribution in [0.3, 0.4) is 0 Å². The summed E-state index contributed by atoms with van der Waals surface area (Å²) in [5.41, 5.74) is 2.47. The third-order valence-corrected chi connectivity index (χ3v) is 6.82. The number of aromatic nitrogens is 2. The van der Waals surface area contributed by atoms with Crippen LogP contribution in [0.4, 0.5) is 13.2 Å². The van der Waals surface area contributed by atoms with Crippen LogP contribution >= 0.6 is 0 Å². The minimum absolute atomic E-state index is 0.0118. The highest BCUT2D eigenvalue weighted by atomic mass is 19.4. The molecule has 0 saturated heterocycles. The van der Waals surface area contributed by atoms with E-state index in [1.54, 1.807) is 18.3 Å². The Labute approximate surface area is 219 Å². The van der Waals surface area contributed by atoms with E-state index in [2.05, 4.69) is 11.6 Å². The molecule has 3 aromatic rings. The first kappa shape index (κ1) is 27.1. The maximum Gasteiger partial charge on any atom is 0.416 e. The number of carbonyl (C=O) groups is 1. The van der Waals surface area contributed by atoms with E-state index in [9.17, 15) is 23.1 Å². The molecule has 8 heteroatoms. The van der Waals surface area contributed by atoms with E-state index in [1.165, 1.54) is 24.6 Å². The van der Waals surface area contributed by atoms with Crippen molar-refractivity contribution in [3.05, 3.63) is 96.1 Å². The Bertz CT molecular complexity index is 1360. The van der Waals surface area contributed by atoms with Gasteiger partial charge >= 0.3 is 18.0 Å². The quantitative estimate of drug-likeness (QED) is 0.199. The lowest BCUT2D eigenvalue weighted by molar-refractivity contribution is -0.685. The number of allylic oxidation sites excluding steroid dienone is 2. The van der Waals surface area contributed by atoms with E-state index in [1.807, 2.05) is 29.8 Å². The Balaban J connectivity index is 1.70. The van der Waals surface area contributed by atoms with Gasteiger partial charge in [-0.25, -0.2) is 9.36 Å². The predicted molar refractivity (Wildman–Crippen MR) is 138 cm³/mol. The van der Waals surface area contributed by atoms with E-state index < -0.39 is 17.7 Å².